The van der Waals surface area contributed by atoms with Crippen molar-refractivity contribution in [1.29, 1.82) is 0 Å². The van der Waals surface area contributed by atoms with Gasteiger partial charge in [0.25, 0.3) is 0 Å². The van der Waals surface area contributed by atoms with Crippen LogP contribution in [0.3, 0.4) is 0 Å². The highest BCUT2D eigenvalue weighted by molar-refractivity contribution is 7.07. The van der Waals surface area contributed by atoms with Crippen molar-refractivity contribution in [1.82, 2.24) is 5.32 Å². The third kappa shape index (κ3) is 3.25. The summed E-state index contributed by atoms with van der Waals surface area (Å²) in [5.41, 5.74) is 3.61. The van der Waals surface area contributed by atoms with Gasteiger partial charge in [-0.05, 0) is 47.1 Å². The molecule has 0 saturated carbocycles. The van der Waals surface area contributed by atoms with Gasteiger partial charge in [-0.15, -0.1) is 0 Å². The number of rotatable bonds is 5. The van der Waals surface area contributed by atoms with Crippen LogP contribution in [0.15, 0.2) is 35.0 Å². The highest BCUT2D eigenvalue weighted by Crippen LogP contribution is 2.24. The maximum atomic E-state index is 6.27. The Bertz CT molecular complexity index is 497. The molecule has 1 heterocycles. The summed E-state index contributed by atoms with van der Waals surface area (Å²) in [6.45, 7) is 1.71. The van der Waals surface area contributed by atoms with Crippen LogP contribution in [0, 0.1) is 0 Å². The Morgan fingerprint density at radius 1 is 1.33 bits per heavy atom. The van der Waals surface area contributed by atoms with Gasteiger partial charge >= 0.3 is 0 Å². The molecule has 0 fully saturated rings. The first-order valence-electron chi connectivity index (χ1n) is 5.86. The monoisotopic (exact) mass is 280 g/mol. The fourth-order valence-corrected chi connectivity index (χ4v) is 2.76. The largest absolute Gasteiger partial charge is 0.370 e. The molecule has 2 rings (SSSR count). The number of hydrogen-bond donors (Lipinski definition) is 1. The molecular weight excluding hydrogens is 264 g/mol. The normalized spacial score (nSPS) is 10.6. The van der Waals surface area contributed by atoms with E-state index in [2.05, 4.69) is 46.2 Å². The van der Waals surface area contributed by atoms with Crippen LogP contribution in [-0.4, -0.2) is 14.1 Å². The summed E-state index contributed by atoms with van der Waals surface area (Å²) in [5.74, 6) is 0. The molecular formula is C14H17ClN2S. The molecule has 4 heteroatoms. The minimum atomic E-state index is 0.799. The van der Waals surface area contributed by atoms with E-state index >= 15 is 0 Å². The maximum Gasteiger partial charge on any atom is 0.0471 e. The fraction of sp³-hybridized carbons (Fsp3) is 0.286. The van der Waals surface area contributed by atoms with E-state index in [0.29, 0.717) is 0 Å². The van der Waals surface area contributed by atoms with Crippen LogP contribution >= 0.6 is 22.9 Å². The van der Waals surface area contributed by atoms with Crippen molar-refractivity contribution in [2.45, 2.75) is 13.1 Å². The van der Waals surface area contributed by atoms with Crippen molar-refractivity contribution in [2.24, 2.45) is 0 Å². The minimum Gasteiger partial charge on any atom is -0.370 e. The first kappa shape index (κ1) is 13.4. The summed E-state index contributed by atoms with van der Waals surface area (Å²) in [7, 11) is 4.01. The zero-order valence-electron chi connectivity index (χ0n) is 10.6. The Balaban J connectivity index is 2.11. The Hall–Kier alpha value is -1.03. The van der Waals surface area contributed by atoms with Crippen LogP contribution in [0.4, 0.5) is 5.69 Å². The number of nitrogens with zero attached hydrogens (tertiary/aromatic N) is 1. The maximum absolute atomic E-state index is 6.27. The molecule has 0 aliphatic heterocycles. The van der Waals surface area contributed by atoms with Crippen LogP contribution in [0.25, 0.3) is 0 Å². The molecule has 0 unspecified atom stereocenters. The van der Waals surface area contributed by atoms with Gasteiger partial charge in [0, 0.05) is 30.8 Å². The lowest BCUT2D eigenvalue weighted by atomic mass is 10.2. The predicted molar refractivity (Wildman–Crippen MR) is 80.6 cm³/mol. The van der Waals surface area contributed by atoms with Crippen LogP contribution in [0.1, 0.15) is 11.1 Å². The number of thiophene rings is 1. The Labute approximate surface area is 117 Å². The second-order valence-electron chi connectivity index (χ2n) is 4.29. The number of anilines is 1. The number of benzene rings is 1. The quantitative estimate of drug-likeness (QED) is 0.897. The van der Waals surface area contributed by atoms with E-state index in [9.17, 15) is 0 Å². The Morgan fingerprint density at radius 2 is 2.17 bits per heavy atom. The zero-order valence-corrected chi connectivity index (χ0v) is 12.2. The third-order valence-corrected chi connectivity index (χ3v) is 3.93. The van der Waals surface area contributed by atoms with Gasteiger partial charge in [-0.3, -0.25) is 0 Å². The highest BCUT2D eigenvalue weighted by Gasteiger charge is 2.06. The molecule has 0 spiro atoms. The van der Waals surface area contributed by atoms with Crippen LogP contribution in [0.2, 0.25) is 5.02 Å². The average molecular weight is 281 g/mol. The third-order valence-electron chi connectivity index (χ3n) is 2.84. The first-order chi connectivity index (χ1) is 8.70. The van der Waals surface area contributed by atoms with Gasteiger partial charge < -0.3 is 10.2 Å². The van der Waals surface area contributed by atoms with Crippen molar-refractivity contribution in [3.63, 3.8) is 0 Å². The molecule has 0 amide bonds. The highest BCUT2D eigenvalue weighted by atomic mass is 35.5. The second-order valence-corrected chi connectivity index (χ2v) is 5.48. The molecule has 96 valence electrons. The first-order valence-corrected chi connectivity index (χ1v) is 7.18. The van der Waals surface area contributed by atoms with Gasteiger partial charge in [0.05, 0.1) is 0 Å². The van der Waals surface area contributed by atoms with Gasteiger partial charge in [0.2, 0.25) is 0 Å². The molecule has 0 atom stereocenters. The Morgan fingerprint density at radius 3 is 2.78 bits per heavy atom. The van der Waals surface area contributed by atoms with Crippen LogP contribution in [-0.2, 0) is 13.1 Å². The molecule has 1 aromatic heterocycles. The number of nitrogens with one attached hydrogen (secondary N) is 1. The van der Waals surface area contributed by atoms with Crippen molar-refractivity contribution in [2.75, 3.05) is 19.0 Å². The van der Waals surface area contributed by atoms with Crippen molar-refractivity contribution < 1.29 is 0 Å². The Kier molecular flexibility index (Phi) is 4.64. The van der Waals surface area contributed by atoms with E-state index in [0.717, 1.165) is 29.4 Å². The molecule has 1 N–H and O–H groups in total. The molecule has 2 nitrogen and oxygen atoms in total. The SMILES string of the molecule is CNCc1ccc(N(C)Cc2ccsc2)cc1Cl. The minimum absolute atomic E-state index is 0.799. The van der Waals surface area contributed by atoms with Gasteiger partial charge in [-0.2, -0.15) is 11.3 Å². The average Bonchev–Trinajstić information content (AvgIpc) is 2.84. The molecule has 0 bridgehead atoms. The predicted octanol–water partition coefficient (Wildman–Crippen LogP) is 3.76. The van der Waals surface area contributed by atoms with Crippen LogP contribution < -0.4 is 10.2 Å². The number of hydrogen-bond acceptors (Lipinski definition) is 3. The summed E-state index contributed by atoms with van der Waals surface area (Å²) in [6, 6.07) is 8.38. The lowest BCUT2D eigenvalue weighted by Gasteiger charge is -2.19. The van der Waals surface area contributed by atoms with Crippen molar-refractivity contribution in [3.05, 3.63) is 51.2 Å². The zero-order chi connectivity index (χ0) is 13.0. The van der Waals surface area contributed by atoms with Gasteiger partial charge in [-0.1, -0.05) is 17.7 Å². The standard InChI is InChI=1S/C14H17ClN2S/c1-16-8-12-3-4-13(7-14(12)15)17(2)9-11-5-6-18-10-11/h3-7,10,16H,8-9H2,1-2H3. The van der Waals surface area contributed by atoms with Crippen molar-refractivity contribution in [3.8, 4) is 0 Å². The van der Waals surface area contributed by atoms with Crippen LogP contribution in [0.5, 0.6) is 0 Å². The van der Waals surface area contributed by atoms with E-state index in [1.54, 1.807) is 11.3 Å². The van der Waals surface area contributed by atoms with E-state index in [-0.39, 0.29) is 0 Å². The second kappa shape index (κ2) is 6.23. The molecule has 18 heavy (non-hydrogen) atoms. The molecule has 1 aromatic carbocycles. The van der Waals surface area contributed by atoms with E-state index in [4.69, 9.17) is 11.6 Å². The summed E-state index contributed by atoms with van der Waals surface area (Å²) in [4.78, 5) is 2.21. The molecule has 0 aliphatic rings. The van der Waals surface area contributed by atoms with E-state index < -0.39 is 0 Å². The van der Waals surface area contributed by atoms with Gasteiger partial charge in [-0.25, -0.2) is 0 Å². The summed E-state index contributed by atoms with van der Waals surface area (Å²) in [6.07, 6.45) is 0. The summed E-state index contributed by atoms with van der Waals surface area (Å²) >= 11 is 8.00. The fourth-order valence-electron chi connectivity index (χ4n) is 1.86. The molecule has 0 saturated heterocycles. The molecule has 2 aromatic rings. The topological polar surface area (TPSA) is 15.3 Å². The molecule has 0 aliphatic carbocycles. The summed E-state index contributed by atoms with van der Waals surface area (Å²) < 4.78 is 0. The smallest absolute Gasteiger partial charge is 0.0471 e. The van der Waals surface area contributed by atoms with Crippen molar-refractivity contribution >= 4 is 28.6 Å². The van der Waals surface area contributed by atoms with E-state index in [1.165, 1.54) is 5.56 Å². The lowest BCUT2D eigenvalue weighted by molar-refractivity contribution is 0.817. The van der Waals surface area contributed by atoms with Gasteiger partial charge in [0.1, 0.15) is 0 Å². The van der Waals surface area contributed by atoms with Gasteiger partial charge in [0.15, 0.2) is 0 Å². The lowest BCUT2D eigenvalue weighted by Crippen LogP contribution is -2.16. The van der Waals surface area contributed by atoms with E-state index in [1.807, 2.05) is 13.1 Å². The summed E-state index contributed by atoms with van der Waals surface area (Å²) in [5, 5.41) is 8.21. The molecule has 0 radical (unpaired) electrons. The number of halogens is 1.